The zero-order chi connectivity index (χ0) is 16.4. The van der Waals surface area contributed by atoms with Crippen LogP contribution in [0, 0.1) is 5.92 Å². The number of aromatic nitrogens is 3. The van der Waals surface area contributed by atoms with Crippen LogP contribution in [0.1, 0.15) is 31.7 Å². The van der Waals surface area contributed by atoms with Gasteiger partial charge in [-0.05, 0) is 48.4 Å². The van der Waals surface area contributed by atoms with Crippen molar-refractivity contribution in [2.75, 3.05) is 0 Å². The molecule has 3 rings (SSSR count). The third-order valence-electron chi connectivity index (χ3n) is 4.62. The Balaban J connectivity index is 1.98. The van der Waals surface area contributed by atoms with E-state index in [1.807, 2.05) is 18.2 Å². The summed E-state index contributed by atoms with van der Waals surface area (Å²) in [6.45, 7) is 2.47. The molecule has 1 heterocycles. The number of nitrogens with zero attached hydrogens (tertiary/aromatic N) is 3. The molecule has 0 saturated heterocycles. The van der Waals surface area contributed by atoms with Crippen LogP contribution < -0.4 is 0 Å². The summed E-state index contributed by atoms with van der Waals surface area (Å²) in [5.74, 6) is 0.137. The average molecular weight is 352 g/mol. The fraction of sp³-hybridized carbons (Fsp3) is 0.412. The minimum absolute atomic E-state index is 0.137. The first-order chi connectivity index (χ1) is 11.0. The summed E-state index contributed by atoms with van der Waals surface area (Å²) >= 11 is 12.2. The zero-order valence-corrected chi connectivity index (χ0v) is 14.4. The molecule has 1 aliphatic rings. The van der Waals surface area contributed by atoms with Crippen LogP contribution in [0.3, 0.4) is 0 Å². The van der Waals surface area contributed by atoms with Gasteiger partial charge < -0.3 is 5.11 Å². The van der Waals surface area contributed by atoms with Gasteiger partial charge in [-0.2, -0.15) is 5.10 Å². The predicted octanol–water partition coefficient (Wildman–Crippen LogP) is 4.22. The van der Waals surface area contributed by atoms with Crippen molar-refractivity contribution in [2.45, 2.75) is 38.3 Å². The van der Waals surface area contributed by atoms with Gasteiger partial charge in [0.05, 0.1) is 6.54 Å². The number of rotatable bonds is 3. The summed E-state index contributed by atoms with van der Waals surface area (Å²) in [4.78, 5) is 3.96. The summed E-state index contributed by atoms with van der Waals surface area (Å²) in [5.41, 5.74) is 0.905. The molecular weight excluding hydrogens is 333 g/mol. The SMILES string of the molecule is CC1CCC/C(=C\c2ccc(Cl)cc2Cl)C1(O)Cn1cncn1. The highest BCUT2D eigenvalue weighted by Crippen LogP contribution is 2.40. The van der Waals surface area contributed by atoms with Crippen molar-refractivity contribution >= 4 is 29.3 Å². The van der Waals surface area contributed by atoms with Gasteiger partial charge in [-0.15, -0.1) is 0 Å². The standard InChI is InChI=1S/C17H19Cl2N3O/c1-12-3-2-4-14(7-13-5-6-15(18)8-16(13)19)17(12,23)9-22-11-20-10-21-22/h5-8,10-12,23H,2-4,9H2,1H3/b14-7+. The molecule has 4 nitrogen and oxygen atoms in total. The van der Waals surface area contributed by atoms with Crippen LogP contribution in [-0.4, -0.2) is 25.5 Å². The Morgan fingerprint density at radius 2 is 2.26 bits per heavy atom. The molecule has 2 aromatic rings. The van der Waals surface area contributed by atoms with E-state index >= 15 is 0 Å². The van der Waals surface area contributed by atoms with Crippen molar-refractivity contribution in [3.8, 4) is 0 Å². The second-order valence-corrected chi connectivity index (χ2v) is 6.99. The first kappa shape index (κ1) is 16.5. The molecule has 1 aromatic carbocycles. The molecular formula is C17H19Cl2N3O. The third kappa shape index (κ3) is 3.44. The van der Waals surface area contributed by atoms with E-state index < -0.39 is 5.60 Å². The maximum absolute atomic E-state index is 11.4. The van der Waals surface area contributed by atoms with E-state index in [0.29, 0.717) is 16.6 Å². The Hall–Kier alpha value is -1.36. The highest BCUT2D eigenvalue weighted by molar-refractivity contribution is 6.35. The Morgan fingerprint density at radius 1 is 1.43 bits per heavy atom. The molecule has 1 aromatic heterocycles. The molecule has 1 fully saturated rings. The van der Waals surface area contributed by atoms with E-state index in [9.17, 15) is 5.11 Å². The van der Waals surface area contributed by atoms with E-state index in [0.717, 1.165) is 30.4 Å². The molecule has 23 heavy (non-hydrogen) atoms. The number of hydrogen-bond donors (Lipinski definition) is 1. The second-order valence-electron chi connectivity index (χ2n) is 6.15. The predicted molar refractivity (Wildman–Crippen MR) is 92.4 cm³/mol. The molecule has 6 heteroatoms. The van der Waals surface area contributed by atoms with Gasteiger partial charge in [-0.1, -0.05) is 42.3 Å². The van der Waals surface area contributed by atoms with Crippen molar-refractivity contribution in [3.63, 3.8) is 0 Å². The highest BCUT2D eigenvalue weighted by atomic mass is 35.5. The van der Waals surface area contributed by atoms with Crippen LogP contribution in [0.5, 0.6) is 0 Å². The Labute approximate surface area is 145 Å². The van der Waals surface area contributed by atoms with E-state index in [1.54, 1.807) is 17.1 Å². The highest BCUT2D eigenvalue weighted by Gasteiger charge is 2.40. The third-order valence-corrected chi connectivity index (χ3v) is 5.18. The van der Waals surface area contributed by atoms with Crippen LogP contribution in [0.2, 0.25) is 10.0 Å². The van der Waals surface area contributed by atoms with Gasteiger partial charge in [0, 0.05) is 10.0 Å². The fourth-order valence-corrected chi connectivity index (χ4v) is 3.66. The Bertz CT molecular complexity index is 715. The van der Waals surface area contributed by atoms with Crippen molar-refractivity contribution < 1.29 is 5.11 Å². The van der Waals surface area contributed by atoms with E-state index in [-0.39, 0.29) is 5.92 Å². The summed E-state index contributed by atoms with van der Waals surface area (Å²) in [5, 5.41) is 16.7. The molecule has 2 unspecified atom stereocenters. The van der Waals surface area contributed by atoms with Crippen molar-refractivity contribution in [2.24, 2.45) is 5.92 Å². The van der Waals surface area contributed by atoms with E-state index in [4.69, 9.17) is 23.2 Å². The van der Waals surface area contributed by atoms with Crippen LogP contribution in [-0.2, 0) is 6.54 Å². The van der Waals surface area contributed by atoms with Crippen molar-refractivity contribution in [1.29, 1.82) is 0 Å². The fourth-order valence-electron chi connectivity index (χ4n) is 3.19. The summed E-state index contributed by atoms with van der Waals surface area (Å²) < 4.78 is 1.68. The van der Waals surface area contributed by atoms with Gasteiger partial charge >= 0.3 is 0 Å². The number of halogens is 2. The van der Waals surface area contributed by atoms with Crippen LogP contribution in [0.25, 0.3) is 6.08 Å². The number of aliphatic hydroxyl groups is 1. The van der Waals surface area contributed by atoms with Crippen LogP contribution in [0.4, 0.5) is 0 Å². The average Bonchev–Trinajstić information content (AvgIpc) is 2.99. The largest absolute Gasteiger partial charge is 0.383 e. The van der Waals surface area contributed by atoms with Gasteiger partial charge in [0.1, 0.15) is 18.3 Å². The van der Waals surface area contributed by atoms with Gasteiger partial charge in [-0.3, -0.25) is 0 Å². The van der Waals surface area contributed by atoms with Crippen molar-refractivity contribution in [3.05, 3.63) is 52.0 Å². The molecule has 122 valence electrons. The first-order valence-electron chi connectivity index (χ1n) is 7.70. The van der Waals surface area contributed by atoms with Crippen molar-refractivity contribution in [1.82, 2.24) is 14.8 Å². The molecule has 1 saturated carbocycles. The molecule has 2 atom stereocenters. The maximum Gasteiger partial charge on any atom is 0.137 e. The maximum atomic E-state index is 11.4. The topological polar surface area (TPSA) is 50.9 Å². The number of benzene rings is 1. The zero-order valence-electron chi connectivity index (χ0n) is 12.9. The molecule has 1 aliphatic carbocycles. The van der Waals surface area contributed by atoms with Gasteiger partial charge in [0.25, 0.3) is 0 Å². The first-order valence-corrected chi connectivity index (χ1v) is 8.45. The lowest BCUT2D eigenvalue weighted by molar-refractivity contribution is -0.0126. The Morgan fingerprint density at radius 3 is 2.96 bits per heavy atom. The normalized spacial score (nSPS) is 26.6. The molecule has 0 spiro atoms. The van der Waals surface area contributed by atoms with Gasteiger partial charge in [-0.25, -0.2) is 9.67 Å². The van der Waals surface area contributed by atoms with E-state index in [2.05, 4.69) is 17.0 Å². The van der Waals surface area contributed by atoms with Crippen LogP contribution in [0.15, 0.2) is 36.4 Å². The lowest BCUT2D eigenvalue weighted by atomic mass is 9.72. The quantitative estimate of drug-likeness (QED) is 0.900. The summed E-state index contributed by atoms with van der Waals surface area (Å²) in [6.07, 6.45) is 7.98. The van der Waals surface area contributed by atoms with E-state index in [1.165, 1.54) is 6.33 Å². The molecule has 0 radical (unpaired) electrons. The minimum atomic E-state index is -0.949. The lowest BCUT2D eigenvalue weighted by Gasteiger charge is -2.40. The van der Waals surface area contributed by atoms with Gasteiger partial charge in [0.2, 0.25) is 0 Å². The molecule has 0 amide bonds. The minimum Gasteiger partial charge on any atom is -0.383 e. The molecule has 1 N–H and O–H groups in total. The smallest absolute Gasteiger partial charge is 0.137 e. The second kappa shape index (κ2) is 6.63. The lowest BCUT2D eigenvalue weighted by Crippen LogP contribution is -2.45. The molecule has 0 aliphatic heterocycles. The summed E-state index contributed by atoms with van der Waals surface area (Å²) in [7, 11) is 0. The van der Waals surface area contributed by atoms with Gasteiger partial charge in [0.15, 0.2) is 0 Å². The summed E-state index contributed by atoms with van der Waals surface area (Å²) in [6, 6.07) is 5.41. The Kier molecular flexibility index (Phi) is 4.76. The monoisotopic (exact) mass is 351 g/mol. The molecule has 0 bridgehead atoms. The van der Waals surface area contributed by atoms with Crippen LogP contribution >= 0.6 is 23.2 Å². The number of hydrogen-bond acceptors (Lipinski definition) is 3.